The Bertz CT molecular complexity index is 1020. The third kappa shape index (κ3) is 5.78. The quantitative estimate of drug-likeness (QED) is 0.687. The Labute approximate surface area is 164 Å². The zero-order chi connectivity index (χ0) is 21.8. The van der Waals surface area contributed by atoms with E-state index in [1.54, 1.807) is 0 Å². The summed E-state index contributed by atoms with van der Waals surface area (Å²) in [4.78, 5) is 24.2. The molecule has 7 nitrogen and oxygen atoms in total. The smallest absolute Gasteiger partial charge is 0.416 e. The zero-order valence-corrected chi connectivity index (χ0v) is 16.1. The molecule has 0 unspecified atom stereocenters. The molecule has 2 N–H and O–H groups in total. The summed E-state index contributed by atoms with van der Waals surface area (Å²) in [5.41, 5.74) is -1.17. The fraction of sp³-hybridized carbons (Fsp3) is 0.222. The maximum absolute atomic E-state index is 12.7. The van der Waals surface area contributed by atoms with Crippen LogP contribution in [0.4, 0.5) is 18.9 Å². The number of rotatable bonds is 6. The summed E-state index contributed by atoms with van der Waals surface area (Å²) < 4.78 is 68.9. The molecule has 11 heteroatoms. The monoisotopic (exact) mass is 430 g/mol. The summed E-state index contributed by atoms with van der Waals surface area (Å²) >= 11 is 0. The number of ether oxygens (including phenoxy) is 1. The molecular formula is C18H17F3N2O5S. The van der Waals surface area contributed by atoms with Crippen molar-refractivity contribution in [3.63, 3.8) is 0 Å². The summed E-state index contributed by atoms with van der Waals surface area (Å²) in [6.45, 7) is 1.23. The maximum Gasteiger partial charge on any atom is 0.416 e. The minimum absolute atomic E-state index is 0.111. The van der Waals surface area contributed by atoms with E-state index in [4.69, 9.17) is 4.74 Å². The van der Waals surface area contributed by atoms with Crippen LogP contribution in [-0.4, -0.2) is 33.4 Å². The Morgan fingerprint density at radius 2 is 1.72 bits per heavy atom. The number of halogens is 3. The highest BCUT2D eigenvalue weighted by atomic mass is 32.2. The van der Waals surface area contributed by atoms with Crippen molar-refractivity contribution < 1.29 is 35.9 Å². The number of esters is 1. The minimum Gasteiger partial charge on any atom is -0.449 e. The number of amides is 1. The maximum atomic E-state index is 12.7. The first-order valence-corrected chi connectivity index (χ1v) is 9.65. The number of nitrogens with one attached hydrogen (secondary N) is 2. The molecular weight excluding hydrogens is 413 g/mol. The Kier molecular flexibility index (Phi) is 6.65. The lowest BCUT2D eigenvalue weighted by Crippen LogP contribution is -2.30. The fourth-order valence-electron chi connectivity index (χ4n) is 2.21. The predicted molar refractivity (Wildman–Crippen MR) is 97.6 cm³/mol. The summed E-state index contributed by atoms with van der Waals surface area (Å²) in [7, 11) is -2.58. The molecule has 0 fully saturated rings. The van der Waals surface area contributed by atoms with Gasteiger partial charge in [0.15, 0.2) is 6.10 Å². The van der Waals surface area contributed by atoms with Crippen LogP contribution in [0, 0.1) is 0 Å². The highest BCUT2D eigenvalue weighted by Gasteiger charge is 2.30. The van der Waals surface area contributed by atoms with Gasteiger partial charge in [0.2, 0.25) is 10.0 Å². The number of alkyl halides is 3. The first-order valence-electron chi connectivity index (χ1n) is 8.17. The van der Waals surface area contributed by atoms with Gasteiger partial charge in [0.1, 0.15) is 0 Å². The highest BCUT2D eigenvalue weighted by molar-refractivity contribution is 7.89. The van der Waals surface area contributed by atoms with E-state index in [1.165, 1.54) is 38.2 Å². The molecule has 0 aromatic heterocycles. The van der Waals surface area contributed by atoms with Crippen LogP contribution in [0.15, 0.2) is 53.4 Å². The van der Waals surface area contributed by atoms with Gasteiger partial charge in [-0.2, -0.15) is 13.2 Å². The van der Waals surface area contributed by atoms with Gasteiger partial charge in [0, 0.05) is 5.69 Å². The Hall–Kier alpha value is -2.92. The normalized spacial score (nSPS) is 12.9. The summed E-state index contributed by atoms with van der Waals surface area (Å²) in [5.74, 6) is -1.82. The van der Waals surface area contributed by atoms with Gasteiger partial charge in [-0.15, -0.1) is 0 Å². The molecule has 0 bridgehead atoms. The molecule has 0 saturated carbocycles. The fourth-order valence-corrected chi connectivity index (χ4v) is 2.98. The molecule has 0 radical (unpaired) electrons. The van der Waals surface area contributed by atoms with Crippen molar-refractivity contribution in [3.05, 3.63) is 59.7 Å². The van der Waals surface area contributed by atoms with E-state index in [9.17, 15) is 31.2 Å². The summed E-state index contributed by atoms with van der Waals surface area (Å²) in [5, 5.41) is 2.23. The highest BCUT2D eigenvalue weighted by Crippen LogP contribution is 2.30. The van der Waals surface area contributed by atoms with Crippen LogP contribution >= 0.6 is 0 Å². The van der Waals surface area contributed by atoms with Crippen LogP contribution in [0.1, 0.15) is 22.8 Å². The zero-order valence-electron chi connectivity index (χ0n) is 15.3. The molecule has 156 valence electrons. The van der Waals surface area contributed by atoms with E-state index in [-0.39, 0.29) is 16.1 Å². The largest absolute Gasteiger partial charge is 0.449 e. The van der Waals surface area contributed by atoms with Crippen LogP contribution < -0.4 is 10.0 Å². The standard InChI is InChI=1S/C18H17F3N2O5S/c1-11(16(24)23-14-7-4-6-13(10-14)18(19,20)21)28-17(25)12-5-3-8-15(9-12)29(26,27)22-2/h3-11,22H,1-2H3,(H,23,24)/t11-/m0/s1. The van der Waals surface area contributed by atoms with Crippen molar-refractivity contribution >= 4 is 27.6 Å². The van der Waals surface area contributed by atoms with Gasteiger partial charge in [-0.1, -0.05) is 12.1 Å². The molecule has 0 aliphatic carbocycles. The van der Waals surface area contributed by atoms with Crippen LogP contribution in [0.5, 0.6) is 0 Å². The molecule has 0 spiro atoms. The third-order valence-corrected chi connectivity index (χ3v) is 5.17. The van der Waals surface area contributed by atoms with Gasteiger partial charge in [-0.05, 0) is 50.4 Å². The van der Waals surface area contributed by atoms with Crippen molar-refractivity contribution in [3.8, 4) is 0 Å². The van der Waals surface area contributed by atoms with Crippen molar-refractivity contribution in [2.75, 3.05) is 12.4 Å². The van der Waals surface area contributed by atoms with Gasteiger partial charge in [-0.25, -0.2) is 17.9 Å². The van der Waals surface area contributed by atoms with Crippen molar-refractivity contribution in [2.45, 2.75) is 24.1 Å². The van der Waals surface area contributed by atoms with Crippen LogP contribution in [0.3, 0.4) is 0 Å². The Balaban J connectivity index is 2.08. The first-order chi connectivity index (χ1) is 13.4. The van der Waals surface area contributed by atoms with E-state index in [2.05, 4.69) is 10.0 Å². The van der Waals surface area contributed by atoms with Gasteiger partial charge >= 0.3 is 12.1 Å². The number of anilines is 1. The Morgan fingerprint density at radius 1 is 1.07 bits per heavy atom. The van der Waals surface area contributed by atoms with Gasteiger partial charge < -0.3 is 10.1 Å². The second kappa shape index (κ2) is 8.62. The topological polar surface area (TPSA) is 102 Å². The van der Waals surface area contributed by atoms with E-state index >= 15 is 0 Å². The van der Waals surface area contributed by atoms with Crippen molar-refractivity contribution in [1.82, 2.24) is 4.72 Å². The van der Waals surface area contributed by atoms with Gasteiger partial charge in [-0.3, -0.25) is 4.79 Å². The predicted octanol–water partition coefficient (Wildman–Crippen LogP) is 2.80. The van der Waals surface area contributed by atoms with E-state index < -0.39 is 39.7 Å². The lowest BCUT2D eigenvalue weighted by Gasteiger charge is -2.15. The minimum atomic E-state index is -4.57. The molecule has 29 heavy (non-hydrogen) atoms. The molecule has 2 aromatic carbocycles. The van der Waals surface area contributed by atoms with Crippen LogP contribution in [0.2, 0.25) is 0 Å². The average molecular weight is 430 g/mol. The number of carbonyl (C=O) groups is 2. The van der Waals surface area contributed by atoms with Crippen LogP contribution in [-0.2, 0) is 25.7 Å². The SMILES string of the molecule is CNS(=O)(=O)c1cccc(C(=O)O[C@@H](C)C(=O)Nc2cccc(C(F)(F)F)c2)c1. The average Bonchev–Trinajstić information content (AvgIpc) is 2.67. The molecule has 2 aromatic rings. The molecule has 1 atom stereocenters. The third-order valence-electron chi connectivity index (χ3n) is 3.76. The van der Waals surface area contributed by atoms with Gasteiger partial charge in [0.05, 0.1) is 16.0 Å². The summed E-state index contributed by atoms with van der Waals surface area (Å²) in [6.07, 6.45) is -5.92. The molecule has 0 aliphatic heterocycles. The summed E-state index contributed by atoms with van der Waals surface area (Å²) in [6, 6.07) is 8.96. The number of hydrogen-bond acceptors (Lipinski definition) is 5. The molecule has 0 saturated heterocycles. The molecule has 0 aliphatic rings. The lowest BCUT2D eigenvalue weighted by atomic mass is 10.2. The van der Waals surface area contributed by atoms with Crippen molar-refractivity contribution in [1.29, 1.82) is 0 Å². The molecule has 1 amide bonds. The molecule has 2 rings (SSSR count). The van der Waals surface area contributed by atoms with Gasteiger partial charge in [0.25, 0.3) is 5.91 Å². The molecule has 0 heterocycles. The number of benzene rings is 2. The first kappa shape index (κ1) is 22.4. The van der Waals surface area contributed by atoms with Crippen molar-refractivity contribution in [2.24, 2.45) is 0 Å². The number of carbonyl (C=O) groups excluding carboxylic acids is 2. The van der Waals surface area contributed by atoms with Crippen LogP contribution in [0.25, 0.3) is 0 Å². The van der Waals surface area contributed by atoms with E-state index in [1.807, 2.05) is 0 Å². The number of sulfonamides is 1. The second-order valence-electron chi connectivity index (χ2n) is 5.85. The second-order valence-corrected chi connectivity index (χ2v) is 7.74. The lowest BCUT2D eigenvalue weighted by molar-refractivity contribution is -0.137. The van der Waals surface area contributed by atoms with E-state index in [0.29, 0.717) is 0 Å². The Morgan fingerprint density at radius 3 is 2.34 bits per heavy atom. The number of hydrogen-bond donors (Lipinski definition) is 2. The van der Waals surface area contributed by atoms with E-state index in [0.717, 1.165) is 24.3 Å².